The monoisotopic (exact) mass is 819 g/mol. The first-order valence-corrected chi connectivity index (χ1v) is 19.8. The summed E-state index contributed by atoms with van der Waals surface area (Å²) in [7, 11) is 2.95. The molecule has 0 saturated carbocycles. The van der Waals surface area contributed by atoms with Gasteiger partial charge in [0, 0.05) is 99.1 Å². The Morgan fingerprint density at radius 3 is 2.45 bits per heavy atom. The molecule has 3 aliphatic heterocycles. The Balaban J connectivity index is 1.01. The summed E-state index contributed by atoms with van der Waals surface area (Å²) in [5, 5.41) is 6.64. The molecule has 306 valence electrons. The van der Waals surface area contributed by atoms with Gasteiger partial charge in [-0.05, 0) is 55.0 Å². The van der Waals surface area contributed by atoms with Crippen molar-refractivity contribution in [3.05, 3.63) is 81.5 Å². The third-order valence-corrected chi connectivity index (χ3v) is 12.2. The molecular weight excluding hydrogens is 775 g/mol. The minimum absolute atomic E-state index is 0.0112. The second-order valence-electron chi connectivity index (χ2n) is 15.7. The number of amides is 2. The second kappa shape index (κ2) is 16.0. The number of aromatic nitrogens is 3. The maximum atomic E-state index is 14.6. The summed E-state index contributed by atoms with van der Waals surface area (Å²) in [6.07, 6.45) is -0.909. The van der Waals surface area contributed by atoms with Crippen molar-refractivity contribution in [2.45, 2.75) is 70.4 Å². The van der Waals surface area contributed by atoms with Crippen LogP contribution in [0.15, 0.2) is 48.7 Å². The Kier molecular flexibility index (Phi) is 11.0. The van der Waals surface area contributed by atoms with Crippen molar-refractivity contribution in [3.63, 3.8) is 0 Å². The Morgan fingerprint density at radius 1 is 1.00 bits per heavy atom. The van der Waals surface area contributed by atoms with Crippen LogP contribution in [0.4, 0.5) is 13.2 Å². The Hall–Kier alpha value is -4.99. The van der Waals surface area contributed by atoms with E-state index in [0.717, 1.165) is 41.4 Å². The average molecular weight is 820 g/mol. The molecule has 6 heterocycles. The van der Waals surface area contributed by atoms with E-state index in [9.17, 15) is 22.8 Å². The number of ether oxygens (including phenoxy) is 3. The second-order valence-corrected chi connectivity index (χ2v) is 16.0. The first-order chi connectivity index (χ1) is 27.8. The predicted octanol–water partition coefficient (Wildman–Crippen LogP) is 6.38. The molecule has 0 radical (unpaired) electrons. The van der Waals surface area contributed by atoms with Crippen LogP contribution in [0.5, 0.6) is 17.6 Å². The molecule has 4 aromatic rings. The van der Waals surface area contributed by atoms with Gasteiger partial charge in [0.05, 0.1) is 30.6 Å². The molecular formula is C42H45ClF3N7O5. The van der Waals surface area contributed by atoms with Crippen LogP contribution in [0.3, 0.4) is 0 Å². The summed E-state index contributed by atoms with van der Waals surface area (Å²) in [4.78, 5) is 41.3. The van der Waals surface area contributed by atoms with Gasteiger partial charge in [-0.25, -0.2) is 4.98 Å². The highest BCUT2D eigenvalue weighted by Crippen LogP contribution is 2.46. The molecule has 1 spiro atoms. The number of alkyl halides is 3. The van der Waals surface area contributed by atoms with Crippen molar-refractivity contribution in [2.24, 2.45) is 5.41 Å². The number of carbonyl (C=O) groups is 2. The summed E-state index contributed by atoms with van der Waals surface area (Å²) >= 11 is 7.11. The molecule has 1 aliphatic carbocycles. The number of hydrogen-bond donors (Lipinski definition) is 2. The molecule has 1 atom stereocenters. The first-order valence-electron chi connectivity index (χ1n) is 19.5. The number of piperidine rings is 1. The van der Waals surface area contributed by atoms with Gasteiger partial charge in [0.2, 0.25) is 29.5 Å². The van der Waals surface area contributed by atoms with Crippen molar-refractivity contribution in [1.29, 1.82) is 0 Å². The maximum absolute atomic E-state index is 14.6. The van der Waals surface area contributed by atoms with Gasteiger partial charge in [0.15, 0.2) is 0 Å². The number of fused-ring (bicyclic) bond motifs is 1. The number of hydrogen-bond acceptors (Lipinski definition) is 10. The molecule has 3 fully saturated rings. The first kappa shape index (κ1) is 39.8. The number of rotatable bonds is 11. The SMILES string of the molecule is COc1nc(-c2ccnc(-c3cccc4c3CC[C@H]4Oc3nc(OC)c(CNC4CCN(C(C)=O)CC4)cc3C(F)(F)F)c2Cl)ccc1CN1CC2(CNC(=O)C2)C1. The van der Waals surface area contributed by atoms with Gasteiger partial charge >= 0.3 is 6.18 Å². The molecule has 1 aromatic carbocycles. The zero-order valence-corrected chi connectivity index (χ0v) is 33.3. The molecule has 0 bridgehead atoms. The van der Waals surface area contributed by atoms with Gasteiger partial charge in [-0.15, -0.1) is 0 Å². The average Bonchev–Trinajstić information content (AvgIpc) is 3.80. The number of benzene rings is 1. The Morgan fingerprint density at radius 2 is 1.76 bits per heavy atom. The van der Waals surface area contributed by atoms with Gasteiger partial charge in [0.1, 0.15) is 11.7 Å². The van der Waals surface area contributed by atoms with Gasteiger partial charge in [-0.2, -0.15) is 18.2 Å². The predicted molar refractivity (Wildman–Crippen MR) is 209 cm³/mol. The lowest BCUT2D eigenvalue weighted by Crippen LogP contribution is -2.56. The van der Waals surface area contributed by atoms with Crippen LogP contribution in [0.2, 0.25) is 5.02 Å². The topological polar surface area (TPSA) is 131 Å². The molecule has 0 unspecified atom stereocenters. The van der Waals surface area contributed by atoms with Crippen LogP contribution in [-0.2, 0) is 35.3 Å². The number of nitrogens with one attached hydrogen (secondary N) is 2. The fraction of sp³-hybridized carbons (Fsp3) is 0.452. The quantitative estimate of drug-likeness (QED) is 0.176. The summed E-state index contributed by atoms with van der Waals surface area (Å²) in [6.45, 7) is 5.82. The number of nitrogens with zero attached hydrogens (tertiary/aromatic N) is 5. The van der Waals surface area contributed by atoms with Crippen LogP contribution >= 0.6 is 11.6 Å². The lowest BCUT2D eigenvalue weighted by molar-refractivity contribution is -0.139. The van der Waals surface area contributed by atoms with Crippen molar-refractivity contribution >= 4 is 23.4 Å². The fourth-order valence-corrected chi connectivity index (χ4v) is 9.15. The molecule has 2 amide bonds. The lowest BCUT2D eigenvalue weighted by atomic mass is 9.79. The Labute approximate surface area is 339 Å². The highest BCUT2D eigenvalue weighted by molar-refractivity contribution is 6.35. The molecule has 3 saturated heterocycles. The molecule has 16 heteroatoms. The van der Waals surface area contributed by atoms with E-state index < -0.39 is 23.7 Å². The van der Waals surface area contributed by atoms with E-state index >= 15 is 0 Å². The highest BCUT2D eigenvalue weighted by atomic mass is 35.5. The smallest absolute Gasteiger partial charge is 0.421 e. The van der Waals surface area contributed by atoms with Gasteiger partial charge in [-0.3, -0.25) is 19.5 Å². The van der Waals surface area contributed by atoms with E-state index in [-0.39, 0.29) is 41.3 Å². The third kappa shape index (κ3) is 7.91. The lowest BCUT2D eigenvalue weighted by Gasteiger charge is -2.47. The number of likely N-dealkylation sites (tertiary alicyclic amines) is 2. The van der Waals surface area contributed by atoms with Crippen LogP contribution in [0.25, 0.3) is 22.5 Å². The van der Waals surface area contributed by atoms with E-state index in [2.05, 4.69) is 25.5 Å². The summed E-state index contributed by atoms with van der Waals surface area (Å²) in [5.74, 6) is 0.0923. The van der Waals surface area contributed by atoms with Crippen molar-refractivity contribution in [3.8, 4) is 40.2 Å². The van der Waals surface area contributed by atoms with Gasteiger partial charge in [0.25, 0.3) is 0 Å². The maximum Gasteiger partial charge on any atom is 0.421 e. The molecule has 12 nitrogen and oxygen atoms in total. The van der Waals surface area contributed by atoms with Crippen LogP contribution in [0, 0.1) is 5.41 Å². The molecule has 3 aromatic heterocycles. The molecule has 4 aliphatic rings. The third-order valence-electron chi connectivity index (χ3n) is 11.8. The normalized spacial score (nSPS) is 19.2. The van der Waals surface area contributed by atoms with Crippen molar-refractivity contribution < 1.29 is 37.0 Å². The number of pyridine rings is 3. The number of methoxy groups -OCH3 is 2. The van der Waals surface area contributed by atoms with E-state index in [1.165, 1.54) is 14.0 Å². The van der Waals surface area contributed by atoms with E-state index in [4.69, 9.17) is 30.8 Å². The van der Waals surface area contributed by atoms with Crippen LogP contribution < -0.4 is 24.8 Å². The summed E-state index contributed by atoms with van der Waals surface area (Å²) in [5.41, 5.74) is 4.35. The minimum atomic E-state index is -4.74. The van der Waals surface area contributed by atoms with Crippen LogP contribution in [0.1, 0.15) is 66.5 Å². The number of carbonyl (C=O) groups excluding carboxylic acids is 2. The fourth-order valence-electron chi connectivity index (χ4n) is 8.84. The largest absolute Gasteiger partial charge is 0.481 e. The zero-order chi connectivity index (χ0) is 40.8. The zero-order valence-electron chi connectivity index (χ0n) is 32.5. The highest BCUT2D eigenvalue weighted by Gasteiger charge is 2.48. The minimum Gasteiger partial charge on any atom is -0.481 e. The van der Waals surface area contributed by atoms with Crippen molar-refractivity contribution in [1.82, 2.24) is 35.4 Å². The summed E-state index contributed by atoms with van der Waals surface area (Å²) < 4.78 is 61.1. The van der Waals surface area contributed by atoms with E-state index in [1.807, 2.05) is 30.3 Å². The van der Waals surface area contributed by atoms with Gasteiger partial charge in [-0.1, -0.05) is 35.9 Å². The number of halogens is 4. The molecule has 8 rings (SSSR count). The Bertz CT molecular complexity index is 2230. The van der Waals surface area contributed by atoms with E-state index in [1.54, 1.807) is 24.3 Å². The molecule has 2 N–H and O–H groups in total. The van der Waals surface area contributed by atoms with Crippen LogP contribution in [-0.4, -0.2) is 89.6 Å². The van der Waals surface area contributed by atoms with Crippen molar-refractivity contribution in [2.75, 3.05) is 46.9 Å². The van der Waals surface area contributed by atoms with Gasteiger partial charge < -0.3 is 29.7 Å². The standard InChI is InChI=1S/C42H45ClF3N7O5/c1-24(54)53-15-12-27(13-16-53)48-19-26-17-32(42(44,45)46)40(51-39(26)57-3)58-34-10-8-28-29(34)5-4-6-30(28)37-36(43)31(11-14-47-37)33-9-7-25(38(50-33)56-2)20-52-22-41(23-52)18-35(55)49-21-41/h4-7,9,11,14,17,27,34,48H,8,10,12-13,15-16,18-23H2,1-3H3,(H,49,55)/t34-/m1/s1. The summed E-state index contributed by atoms with van der Waals surface area (Å²) in [6, 6.07) is 12.3. The molecule has 58 heavy (non-hydrogen) atoms. The van der Waals surface area contributed by atoms with E-state index in [0.29, 0.717) is 86.1 Å².